The van der Waals surface area contributed by atoms with Crippen LogP contribution in [0, 0.1) is 5.92 Å². The summed E-state index contributed by atoms with van der Waals surface area (Å²) >= 11 is 0. The van der Waals surface area contributed by atoms with Gasteiger partial charge in [0.1, 0.15) is 0 Å². The lowest BCUT2D eigenvalue weighted by Crippen LogP contribution is -2.41. The standard InChI is InChI=1S/C15H21N3O2/c1-11-7-12(8-16)9-18(11)10-14(19)17-15(20)13-5-3-2-4-6-13/h2-6,11-12H,7-10,16H2,1H3,(H,17,19,20). The molecule has 1 fully saturated rings. The zero-order valence-electron chi connectivity index (χ0n) is 11.7. The number of nitrogens with two attached hydrogens (primary N) is 1. The fourth-order valence-corrected chi connectivity index (χ4v) is 2.62. The molecule has 0 spiro atoms. The average molecular weight is 275 g/mol. The van der Waals surface area contributed by atoms with Crippen LogP contribution in [-0.2, 0) is 4.79 Å². The molecule has 2 unspecified atom stereocenters. The summed E-state index contributed by atoms with van der Waals surface area (Å²) < 4.78 is 0. The van der Waals surface area contributed by atoms with Crippen LogP contribution in [-0.4, -0.2) is 42.4 Å². The maximum Gasteiger partial charge on any atom is 0.257 e. The smallest absolute Gasteiger partial charge is 0.257 e. The van der Waals surface area contributed by atoms with Gasteiger partial charge in [-0.1, -0.05) is 18.2 Å². The molecule has 0 aromatic heterocycles. The van der Waals surface area contributed by atoms with Crippen LogP contribution in [0.1, 0.15) is 23.7 Å². The highest BCUT2D eigenvalue weighted by molar-refractivity contribution is 6.05. The second-order valence-corrected chi connectivity index (χ2v) is 5.36. The highest BCUT2D eigenvalue weighted by Gasteiger charge is 2.29. The van der Waals surface area contributed by atoms with E-state index in [2.05, 4.69) is 17.1 Å². The summed E-state index contributed by atoms with van der Waals surface area (Å²) in [6.45, 7) is 3.80. The molecule has 20 heavy (non-hydrogen) atoms. The first-order valence-electron chi connectivity index (χ1n) is 6.93. The first kappa shape index (κ1) is 14.7. The molecule has 1 aliphatic heterocycles. The predicted molar refractivity (Wildman–Crippen MR) is 77.1 cm³/mol. The highest BCUT2D eigenvalue weighted by atomic mass is 16.2. The Morgan fingerprint density at radius 3 is 2.65 bits per heavy atom. The molecule has 0 aliphatic carbocycles. The van der Waals surface area contributed by atoms with Crippen molar-refractivity contribution in [3.05, 3.63) is 35.9 Å². The first-order valence-corrected chi connectivity index (χ1v) is 6.93. The number of carbonyl (C=O) groups excluding carboxylic acids is 2. The second-order valence-electron chi connectivity index (χ2n) is 5.36. The molecule has 108 valence electrons. The molecule has 1 aromatic carbocycles. The maximum absolute atomic E-state index is 11.9. The lowest BCUT2D eigenvalue weighted by atomic mass is 10.1. The molecule has 0 saturated carbocycles. The zero-order valence-corrected chi connectivity index (χ0v) is 11.7. The molecule has 3 N–H and O–H groups in total. The quantitative estimate of drug-likeness (QED) is 0.844. The number of amides is 2. The van der Waals surface area contributed by atoms with Gasteiger partial charge in [-0.25, -0.2) is 0 Å². The van der Waals surface area contributed by atoms with Crippen LogP contribution in [0.15, 0.2) is 30.3 Å². The molecule has 1 aromatic rings. The Kier molecular flexibility index (Phi) is 4.87. The van der Waals surface area contributed by atoms with Gasteiger partial charge in [-0.3, -0.25) is 19.8 Å². The summed E-state index contributed by atoms with van der Waals surface area (Å²) in [4.78, 5) is 25.9. The summed E-state index contributed by atoms with van der Waals surface area (Å²) in [6, 6.07) is 9.08. The van der Waals surface area contributed by atoms with E-state index < -0.39 is 0 Å². The Morgan fingerprint density at radius 2 is 2.05 bits per heavy atom. The molecule has 1 saturated heterocycles. The van der Waals surface area contributed by atoms with Crippen LogP contribution < -0.4 is 11.1 Å². The van der Waals surface area contributed by atoms with Crippen molar-refractivity contribution in [3.63, 3.8) is 0 Å². The van der Waals surface area contributed by atoms with Gasteiger partial charge in [0.15, 0.2) is 0 Å². The number of rotatable bonds is 4. The van der Waals surface area contributed by atoms with E-state index in [1.807, 2.05) is 6.07 Å². The molecule has 5 heteroatoms. The molecule has 2 atom stereocenters. The third-order valence-corrected chi connectivity index (χ3v) is 3.76. The van der Waals surface area contributed by atoms with E-state index in [4.69, 9.17) is 5.73 Å². The molecule has 0 bridgehead atoms. The van der Waals surface area contributed by atoms with Gasteiger partial charge in [-0.05, 0) is 37.9 Å². The summed E-state index contributed by atoms with van der Waals surface area (Å²) in [5, 5.41) is 2.43. The van der Waals surface area contributed by atoms with Crippen LogP contribution in [0.3, 0.4) is 0 Å². The van der Waals surface area contributed by atoms with Gasteiger partial charge in [0.05, 0.1) is 6.54 Å². The lowest BCUT2D eigenvalue weighted by Gasteiger charge is -2.19. The van der Waals surface area contributed by atoms with Gasteiger partial charge in [-0.2, -0.15) is 0 Å². The molecule has 0 radical (unpaired) electrons. The maximum atomic E-state index is 11.9. The SMILES string of the molecule is CC1CC(CN)CN1CC(=O)NC(=O)c1ccccc1. The molecule has 2 amide bonds. The summed E-state index contributed by atoms with van der Waals surface area (Å²) in [6.07, 6.45) is 1.01. The van der Waals surface area contributed by atoms with E-state index in [-0.39, 0.29) is 18.4 Å². The van der Waals surface area contributed by atoms with Gasteiger partial charge < -0.3 is 5.73 Å². The average Bonchev–Trinajstić information content (AvgIpc) is 2.80. The Morgan fingerprint density at radius 1 is 1.35 bits per heavy atom. The Balaban J connectivity index is 1.85. The van der Waals surface area contributed by atoms with Crippen molar-refractivity contribution in [3.8, 4) is 0 Å². The van der Waals surface area contributed by atoms with Gasteiger partial charge in [0.2, 0.25) is 5.91 Å². The third kappa shape index (κ3) is 3.65. The number of benzene rings is 1. The Labute approximate surface area is 119 Å². The van der Waals surface area contributed by atoms with Crippen molar-refractivity contribution >= 4 is 11.8 Å². The molecule has 1 aliphatic rings. The first-order chi connectivity index (χ1) is 9.60. The zero-order chi connectivity index (χ0) is 14.5. The molecular formula is C15H21N3O2. The predicted octanol–water partition coefficient (Wildman–Crippen LogP) is 0.612. The monoisotopic (exact) mass is 275 g/mol. The topological polar surface area (TPSA) is 75.4 Å². The van der Waals surface area contributed by atoms with Gasteiger partial charge in [-0.15, -0.1) is 0 Å². The van der Waals surface area contributed by atoms with Gasteiger partial charge in [0.25, 0.3) is 5.91 Å². The minimum Gasteiger partial charge on any atom is -0.330 e. The fraction of sp³-hybridized carbons (Fsp3) is 0.467. The Hall–Kier alpha value is -1.72. The number of imide groups is 1. The Bertz CT molecular complexity index is 475. The van der Waals surface area contributed by atoms with Crippen molar-refractivity contribution in [2.45, 2.75) is 19.4 Å². The van der Waals surface area contributed by atoms with Gasteiger partial charge in [0, 0.05) is 18.2 Å². The number of carbonyl (C=O) groups is 2. The number of likely N-dealkylation sites (tertiary alicyclic amines) is 1. The minimum absolute atomic E-state index is 0.246. The normalized spacial score (nSPS) is 22.7. The molecule has 1 heterocycles. The van der Waals surface area contributed by atoms with E-state index in [0.717, 1.165) is 13.0 Å². The van der Waals surface area contributed by atoms with Crippen molar-refractivity contribution in [1.29, 1.82) is 0 Å². The summed E-state index contributed by atoms with van der Waals surface area (Å²) in [7, 11) is 0. The minimum atomic E-state index is -0.349. The van der Waals surface area contributed by atoms with E-state index in [0.29, 0.717) is 24.1 Å². The van der Waals surface area contributed by atoms with Crippen molar-refractivity contribution < 1.29 is 9.59 Å². The van der Waals surface area contributed by atoms with Crippen LogP contribution in [0.2, 0.25) is 0 Å². The van der Waals surface area contributed by atoms with E-state index in [9.17, 15) is 9.59 Å². The van der Waals surface area contributed by atoms with Gasteiger partial charge >= 0.3 is 0 Å². The molecule has 2 rings (SSSR count). The van der Waals surface area contributed by atoms with Crippen LogP contribution in [0.25, 0.3) is 0 Å². The summed E-state index contributed by atoms with van der Waals surface area (Å²) in [5.41, 5.74) is 6.16. The number of nitrogens with zero attached hydrogens (tertiary/aromatic N) is 1. The number of hydrogen-bond donors (Lipinski definition) is 2. The molecular weight excluding hydrogens is 254 g/mol. The van der Waals surface area contributed by atoms with Crippen LogP contribution in [0.5, 0.6) is 0 Å². The molecule has 5 nitrogen and oxygen atoms in total. The number of hydrogen-bond acceptors (Lipinski definition) is 4. The van der Waals surface area contributed by atoms with E-state index in [1.54, 1.807) is 24.3 Å². The highest BCUT2D eigenvalue weighted by Crippen LogP contribution is 2.21. The largest absolute Gasteiger partial charge is 0.330 e. The third-order valence-electron chi connectivity index (χ3n) is 3.76. The second kappa shape index (κ2) is 6.63. The van der Waals surface area contributed by atoms with Crippen LogP contribution in [0.4, 0.5) is 0 Å². The van der Waals surface area contributed by atoms with Crippen LogP contribution >= 0.6 is 0 Å². The lowest BCUT2D eigenvalue weighted by molar-refractivity contribution is -0.121. The van der Waals surface area contributed by atoms with Crippen molar-refractivity contribution in [2.75, 3.05) is 19.6 Å². The van der Waals surface area contributed by atoms with E-state index in [1.165, 1.54) is 0 Å². The summed E-state index contributed by atoms with van der Waals surface area (Å²) in [5.74, 6) is -0.163. The van der Waals surface area contributed by atoms with Crippen molar-refractivity contribution in [2.24, 2.45) is 11.7 Å². The fourth-order valence-electron chi connectivity index (χ4n) is 2.62. The van der Waals surface area contributed by atoms with E-state index >= 15 is 0 Å². The van der Waals surface area contributed by atoms with Crippen molar-refractivity contribution in [1.82, 2.24) is 10.2 Å². The number of nitrogens with one attached hydrogen (secondary N) is 1.